The molecule has 27 heavy (non-hydrogen) atoms. The fraction of sp³-hybridized carbons (Fsp3) is 0.727. The Kier molecular flexibility index (Phi) is 6.07. The van der Waals surface area contributed by atoms with E-state index in [-0.39, 0.29) is 74.4 Å². The molecule has 0 heterocycles. The van der Waals surface area contributed by atoms with E-state index >= 15 is 0 Å². The molecule has 2 fully saturated rings. The maximum atomic E-state index is 11.9. The zero-order chi connectivity index (χ0) is 18.7. The van der Waals surface area contributed by atoms with Gasteiger partial charge in [-0.1, -0.05) is 26.0 Å². The number of aliphatic hydroxyl groups is 1. The summed E-state index contributed by atoms with van der Waals surface area (Å²) in [5.41, 5.74) is 0.179. The number of rotatable bonds is 3. The Morgan fingerprint density at radius 3 is 2.59 bits per heavy atom. The summed E-state index contributed by atoms with van der Waals surface area (Å²) in [6.45, 7) is 4.51. The molecule has 4 nitrogen and oxygen atoms in total. The van der Waals surface area contributed by atoms with Gasteiger partial charge in [0.15, 0.2) is 5.78 Å². The SMILES string of the molecule is C[C@]12CCC(=O)C=C1C=CC1C2CC[C@@]2(C)C1CC[C@@]2(O)CCC(=O)O.[K+]. The van der Waals surface area contributed by atoms with Gasteiger partial charge in [0.1, 0.15) is 0 Å². The average molecular weight is 398 g/mol. The van der Waals surface area contributed by atoms with Crippen LogP contribution in [0.2, 0.25) is 0 Å². The average Bonchev–Trinajstić information content (AvgIpc) is 2.86. The maximum Gasteiger partial charge on any atom is 1.00 e. The molecule has 0 saturated heterocycles. The van der Waals surface area contributed by atoms with Crippen LogP contribution in [0.25, 0.3) is 0 Å². The summed E-state index contributed by atoms with van der Waals surface area (Å²) in [5.74, 6) is 0.748. The molecule has 142 valence electrons. The monoisotopic (exact) mass is 397 g/mol. The number of carbonyl (C=O) groups excluding carboxylic acids is 1. The number of ketones is 1. The van der Waals surface area contributed by atoms with Crippen LogP contribution in [-0.2, 0) is 9.59 Å². The second-order valence-electron chi connectivity index (χ2n) is 9.55. The van der Waals surface area contributed by atoms with E-state index in [1.54, 1.807) is 0 Å². The predicted octanol–water partition coefficient (Wildman–Crippen LogP) is 0.894. The number of aliphatic carboxylic acids is 1. The second kappa shape index (κ2) is 7.48. The van der Waals surface area contributed by atoms with Gasteiger partial charge >= 0.3 is 57.4 Å². The third kappa shape index (κ3) is 3.30. The Morgan fingerprint density at radius 2 is 1.89 bits per heavy atom. The van der Waals surface area contributed by atoms with E-state index in [0.717, 1.165) is 25.7 Å². The summed E-state index contributed by atoms with van der Waals surface area (Å²) < 4.78 is 0. The number of hydrogen-bond donors (Lipinski definition) is 2. The van der Waals surface area contributed by atoms with E-state index < -0.39 is 11.6 Å². The molecular formula is C22H30KO4+. The molecule has 2 saturated carbocycles. The molecule has 2 N–H and O–H groups in total. The van der Waals surface area contributed by atoms with E-state index in [1.165, 1.54) is 5.57 Å². The number of carboxylic acid groups (broad SMARTS) is 1. The third-order valence-electron chi connectivity index (χ3n) is 8.59. The van der Waals surface area contributed by atoms with Crippen LogP contribution >= 0.6 is 0 Å². The minimum atomic E-state index is -0.867. The molecule has 0 bridgehead atoms. The summed E-state index contributed by atoms with van der Waals surface area (Å²) in [7, 11) is 0. The van der Waals surface area contributed by atoms with E-state index in [2.05, 4.69) is 26.0 Å². The van der Waals surface area contributed by atoms with Gasteiger partial charge < -0.3 is 10.2 Å². The van der Waals surface area contributed by atoms with E-state index in [1.807, 2.05) is 6.08 Å². The van der Waals surface area contributed by atoms with Crippen LogP contribution in [0.5, 0.6) is 0 Å². The second-order valence-corrected chi connectivity index (χ2v) is 9.55. The van der Waals surface area contributed by atoms with Crippen LogP contribution in [-0.4, -0.2) is 27.6 Å². The first-order valence-electron chi connectivity index (χ1n) is 10.1. The van der Waals surface area contributed by atoms with Gasteiger partial charge in [-0.15, -0.1) is 0 Å². The number of carbonyl (C=O) groups is 2. The van der Waals surface area contributed by atoms with Crippen molar-refractivity contribution in [1.82, 2.24) is 0 Å². The van der Waals surface area contributed by atoms with Crippen molar-refractivity contribution in [2.45, 2.75) is 70.8 Å². The molecule has 0 aromatic rings. The van der Waals surface area contributed by atoms with Gasteiger partial charge in [0, 0.05) is 12.8 Å². The zero-order valence-electron chi connectivity index (χ0n) is 16.8. The van der Waals surface area contributed by atoms with Crippen LogP contribution in [0.15, 0.2) is 23.8 Å². The molecule has 0 aromatic carbocycles. The fourth-order valence-electron chi connectivity index (χ4n) is 6.83. The third-order valence-corrected chi connectivity index (χ3v) is 8.59. The number of allylic oxidation sites excluding steroid dienone is 4. The minimum absolute atomic E-state index is 0. The Balaban J connectivity index is 0.00000210. The molecular weight excluding hydrogens is 367 g/mol. The molecule has 6 atom stereocenters. The Labute approximate surface area is 204 Å². The van der Waals surface area contributed by atoms with Crippen molar-refractivity contribution < 1.29 is 71.2 Å². The quantitative estimate of drug-likeness (QED) is 0.694. The zero-order valence-corrected chi connectivity index (χ0v) is 20.0. The summed E-state index contributed by atoms with van der Waals surface area (Å²) in [5, 5.41) is 20.5. The molecule has 4 aliphatic rings. The topological polar surface area (TPSA) is 74.6 Å². The van der Waals surface area contributed by atoms with E-state index in [9.17, 15) is 14.7 Å². The summed E-state index contributed by atoms with van der Waals surface area (Å²) >= 11 is 0. The van der Waals surface area contributed by atoms with Gasteiger partial charge in [0.2, 0.25) is 0 Å². The van der Waals surface area contributed by atoms with Crippen molar-refractivity contribution in [3.8, 4) is 0 Å². The van der Waals surface area contributed by atoms with Gasteiger partial charge in [-0.3, -0.25) is 9.59 Å². The van der Waals surface area contributed by atoms with Gasteiger partial charge in [-0.2, -0.15) is 0 Å². The molecule has 4 rings (SSSR count). The van der Waals surface area contributed by atoms with Crippen molar-refractivity contribution in [3.63, 3.8) is 0 Å². The van der Waals surface area contributed by atoms with Crippen molar-refractivity contribution in [3.05, 3.63) is 23.8 Å². The van der Waals surface area contributed by atoms with Gasteiger partial charge in [-0.25, -0.2) is 0 Å². The standard InChI is InChI=1S/C22H30O4.K/c1-20-9-5-15(23)13-14(20)3-4-16-17(20)6-10-21(2)18(16)7-11-22(21,26)12-8-19(24)25;/h3-4,13,16-18,26H,5-12H2,1-2H3,(H,24,25);/q;+1/t16?,17?,18?,20-,21-,22+;/m0./s1. The molecule has 0 radical (unpaired) electrons. The predicted molar refractivity (Wildman–Crippen MR) is 98.4 cm³/mol. The van der Waals surface area contributed by atoms with Gasteiger partial charge in [0.05, 0.1) is 5.60 Å². The van der Waals surface area contributed by atoms with Gasteiger partial charge in [0.25, 0.3) is 0 Å². The van der Waals surface area contributed by atoms with Gasteiger partial charge in [-0.05, 0) is 78.8 Å². The molecule has 0 aromatic heterocycles. The number of carboxylic acids is 1. The Bertz CT molecular complexity index is 713. The molecule has 3 unspecified atom stereocenters. The maximum absolute atomic E-state index is 11.9. The fourth-order valence-corrected chi connectivity index (χ4v) is 6.83. The van der Waals surface area contributed by atoms with Crippen LogP contribution in [0.1, 0.15) is 65.2 Å². The first kappa shape index (κ1) is 21.9. The van der Waals surface area contributed by atoms with Crippen LogP contribution in [0.4, 0.5) is 0 Å². The molecule has 4 aliphatic carbocycles. The normalized spacial score (nSPS) is 45.2. The summed E-state index contributed by atoms with van der Waals surface area (Å²) in [6, 6.07) is 0. The Morgan fingerprint density at radius 1 is 1.19 bits per heavy atom. The first-order valence-corrected chi connectivity index (χ1v) is 10.1. The van der Waals surface area contributed by atoms with E-state index in [0.29, 0.717) is 37.0 Å². The van der Waals surface area contributed by atoms with Crippen molar-refractivity contribution in [2.24, 2.45) is 28.6 Å². The number of fused-ring (bicyclic) bond motifs is 5. The van der Waals surface area contributed by atoms with Crippen LogP contribution in [0.3, 0.4) is 0 Å². The molecule has 0 amide bonds. The smallest absolute Gasteiger partial charge is 0.481 e. The largest absolute Gasteiger partial charge is 1.00 e. The molecule has 0 aliphatic heterocycles. The van der Waals surface area contributed by atoms with E-state index in [4.69, 9.17) is 5.11 Å². The number of hydrogen-bond acceptors (Lipinski definition) is 3. The van der Waals surface area contributed by atoms with Crippen molar-refractivity contribution in [1.29, 1.82) is 0 Å². The van der Waals surface area contributed by atoms with Crippen LogP contribution in [0, 0.1) is 28.6 Å². The van der Waals surface area contributed by atoms with Crippen molar-refractivity contribution in [2.75, 3.05) is 0 Å². The molecule has 0 spiro atoms. The summed E-state index contributed by atoms with van der Waals surface area (Å²) in [6.07, 6.45) is 11.9. The minimum Gasteiger partial charge on any atom is -0.481 e. The first-order chi connectivity index (χ1) is 12.2. The van der Waals surface area contributed by atoms with Crippen LogP contribution < -0.4 is 51.4 Å². The Hall–Kier alpha value is 0.216. The van der Waals surface area contributed by atoms with Crippen molar-refractivity contribution >= 4 is 11.8 Å². The molecule has 5 heteroatoms. The summed E-state index contributed by atoms with van der Waals surface area (Å²) in [4.78, 5) is 22.9.